The molecule has 1 aromatic carbocycles. The summed E-state index contributed by atoms with van der Waals surface area (Å²) in [6.07, 6.45) is -6.58. The fourth-order valence-corrected chi connectivity index (χ4v) is 6.01. The van der Waals surface area contributed by atoms with Crippen molar-refractivity contribution < 1.29 is 41.1 Å². The maximum Gasteiger partial charge on any atom is 0.471 e. The van der Waals surface area contributed by atoms with Gasteiger partial charge in [0.25, 0.3) is 0 Å². The number of nitrogens with one attached hydrogen (secondary N) is 3. The fraction of sp³-hybridized carbons (Fsp3) is 0.615. The standard InChI is InChI=1S/C26H32F5N5O4/c1-24(2,3)19(35-23(40)26(29,30)31)22(39)36-9-13-16(25(13,4)5)18(36)21(38)33-15(32)8-12-11-6-10(27)7-14(28)17(11)34-20(12)37/h6-7,12-13,15-16,18-19H,8-9,32H2,1-5H3,(H,33,38)(H,34,37)(H,35,40)/t12?,13-,15-,16-,18-,19+/m0/s1. The molecule has 6 atom stereocenters. The van der Waals surface area contributed by atoms with E-state index in [-0.39, 0.29) is 41.5 Å². The lowest BCUT2D eigenvalue weighted by Crippen LogP contribution is -2.61. The molecule has 2 fully saturated rings. The minimum absolute atomic E-state index is 0.0571. The van der Waals surface area contributed by atoms with Crippen molar-refractivity contribution in [3.8, 4) is 0 Å². The number of rotatable bonds is 6. The van der Waals surface area contributed by atoms with E-state index >= 15 is 0 Å². The summed E-state index contributed by atoms with van der Waals surface area (Å²) in [5.41, 5.74) is 4.56. The minimum Gasteiger partial charge on any atom is -0.339 e. The second-order valence-electron chi connectivity index (χ2n) is 12.4. The molecule has 1 aliphatic carbocycles. The number of carbonyl (C=O) groups is 4. The first-order valence-corrected chi connectivity index (χ1v) is 12.8. The Labute approximate surface area is 227 Å². The number of carbonyl (C=O) groups excluding carboxylic acids is 4. The lowest BCUT2D eigenvalue weighted by molar-refractivity contribution is -0.176. The maximum absolute atomic E-state index is 14.1. The number of alkyl halides is 3. The van der Waals surface area contributed by atoms with Gasteiger partial charge in [0.05, 0.1) is 17.8 Å². The third kappa shape index (κ3) is 5.25. The smallest absolute Gasteiger partial charge is 0.339 e. The number of halogens is 5. The Hall–Kier alpha value is -3.29. The molecule has 14 heteroatoms. The topological polar surface area (TPSA) is 134 Å². The Morgan fingerprint density at radius 3 is 2.35 bits per heavy atom. The molecule has 0 aromatic heterocycles. The zero-order chi connectivity index (χ0) is 30.1. The molecule has 5 N–H and O–H groups in total. The highest BCUT2D eigenvalue weighted by molar-refractivity contribution is 6.03. The Morgan fingerprint density at radius 1 is 1.15 bits per heavy atom. The van der Waals surface area contributed by atoms with Crippen molar-refractivity contribution in [2.24, 2.45) is 28.4 Å². The summed E-state index contributed by atoms with van der Waals surface area (Å²) >= 11 is 0. The van der Waals surface area contributed by atoms with Gasteiger partial charge in [-0.25, -0.2) is 8.78 Å². The van der Waals surface area contributed by atoms with Crippen LogP contribution in [-0.2, 0) is 19.2 Å². The van der Waals surface area contributed by atoms with Crippen LogP contribution >= 0.6 is 0 Å². The summed E-state index contributed by atoms with van der Waals surface area (Å²) in [5.74, 6) is -7.73. The first-order valence-electron chi connectivity index (χ1n) is 12.8. The normalized spacial score (nSPS) is 26.4. The van der Waals surface area contributed by atoms with Crippen LogP contribution in [-0.4, -0.2) is 59.5 Å². The molecular weight excluding hydrogens is 541 g/mol. The summed E-state index contributed by atoms with van der Waals surface area (Å²) in [6, 6.07) is -1.03. The largest absolute Gasteiger partial charge is 0.471 e. The highest BCUT2D eigenvalue weighted by Gasteiger charge is 2.70. The van der Waals surface area contributed by atoms with Crippen molar-refractivity contribution in [3.05, 3.63) is 29.3 Å². The summed E-state index contributed by atoms with van der Waals surface area (Å²) < 4.78 is 66.9. The van der Waals surface area contributed by atoms with Crippen molar-refractivity contribution >= 4 is 29.3 Å². The number of hydrogen-bond acceptors (Lipinski definition) is 5. The van der Waals surface area contributed by atoms with Gasteiger partial charge in [-0.3, -0.25) is 19.2 Å². The van der Waals surface area contributed by atoms with E-state index in [0.29, 0.717) is 6.07 Å². The van der Waals surface area contributed by atoms with Crippen LogP contribution in [0.4, 0.5) is 27.6 Å². The number of piperidine rings is 1. The lowest BCUT2D eigenvalue weighted by Gasteiger charge is -2.38. The van der Waals surface area contributed by atoms with Gasteiger partial charge in [0.1, 0.15) is 23.7 Å². The van der Waals surface area contributed by atoms with Crippen molar-refractivity contribution in [1.29, 1.82) is 0 Å². The third-order valence-corrected chi connectivity index (χ3v) is 8.25. The van der Waals surface area contributed by atoms with Crippen LogP contribution in [0.3, 0.4) is 0 Å². The SMILES string of the molecule is CC(C)(C)[C@H](NC(=O)C(F)(F)F)C(=O)N1C[C@H]2[C@@H]([C@H]1C(=O)N[C@H](N)CC1C(=O)Nc3c(F)cc(F)cc31)C2(C)C. The zero-order valence-electron chi connectivity index (χ0n) is 22.6. The molecule has 3 aliphatic rings. The van der Waals surface area contributed by atoms with Gasteiger partial charge in [0.2, 0.25) is 17.7 Å². The van der Waals surface area contributed by atoms with Crippen LogP contribution in [0.1, 0.15) is 52.5 Å². The van der Waals surface area contributed by atoms with E-state index in [1.807, 2.05) is 13.8 Å². The average Bonchev–Trinajstić information content (AvgIpc) is 3.11. The van der Waals surface area contributed by atoms with Crippen LogP contribution in [0.2, 0.25) is 0 Å². The van der Waals surface area contributed by atoms with E-state index in [0.717, 1.165) is 6.07 Å². The Balaban J connectivity index is 1.53. The van der Waals surface area contributed by atoms with Gasteiger partial charge in [-0.05, 0) is 40.7 Å². The van der Waals surface area contributed by atoms with Crippen LogP contribution in [0.5, 0.6) is 0 Å². The summed E-state index contributed by atoms with van der Waals surface area (Å²) in [4.78, 5) is 52.4. The lowest BCUT2D eigenvalue weighted by atomic mass is 9.85. The monoisotopic (exact) mass is 573 g/mol. The quantitative estimate of drug-likeness (QED) is 0.306. The summed E-state index contributed by atoms with van der Waals surface area (Å²) in [7, 11) is 0. The van der Waals surface area contributed by atoms with E-state index in [4.69, 9.17) is 5.73 Å². The predicted molar refractivity (Wildman–Crippen MR) is 132 cm³/mol. The fourth-order valence-electron chi connectivity index (χ4n) is 6.01. The molecule has 1 unspecified atom stereocenters. The van der Waals surface area contributed by atoms with Crippen molar-refractivity contribution in [2.45, 2.75) is 71.4 Å². The molecule has 0 bridgehead atoms. The zero-order valence-corrected chi connectivity index (χ0v) is 22.6. The van der Waals surface area contributed by atoms with Crippen LogP contribution < -0.4 is 21.7 Å². The van der Waals surface area contributed by atoms with Crippen LogP contribution in [0, 0.1) is 34.3 Å². The summed E-state index contributed by atoms with van der Waals surface area (Å²) in [5, 5.41) is 6.68. The number of anilines is 1. The van der Waals surface area contributed by atoms with E-state index in [1.165, 1.54) is 25.7 Å². The second kappa shape index (κ2) is 9.67. The van der Waals surface area contributed by atoms with Gasteiger partial charge in [-0.1, -0.05) is 34.6 Å². The van der Waals surface area contributed by atoms with Gasteiger partial charge in [0, 0.05) is 12.6 Å². The molecule has 2 aliphatic heterocycles. The molecule has 4 amide bonds. The Morgan fingerprint density at radius 2 is 1.77 bits per heavy atom. The number of benzene rings is 1. The number of amides is 4. The van der Waals surface area contributed by atoms with E-state index < -0.39 is 71.0 Å². The van der Waals surface area contributed by atoms with Gasteiger partial charge in [-0.15, -0.1) is 0 Å². The van der Waals surface area contributed by atoms with Gasteiger partial charge >= 0.3 is 12.1 Å². The number of nitrogens with two attached hydrogens (primary N) is 1. The first-order chi connectivity index (χ1) is 18.2. The Bertz CT molecular complexity index is 1260. The molecule has 2 heterocycles. The molecular formula is C26H32F5N5O4. The van der Waals surface area contributed by atoms with E-state index in [9.17, 15) is 41.1 Å². The predicted octanol–water partition coefficient (Wildman–Crippen LogP) is 2.37. The highest BCUT2D eigenvalue weighted by Crippen LogP contribution is 2.65. The van der Waals surface area contributed by atoms with E-state index in [1.54, 1.807) is 5.32 Å². The highest BCUT2D eigenvalue weighted by atomic mass is 19.4. The molecule has 9 nitrogen and oxygen atoms in total. The second-order valence-corrected chi connectivity index (χ2v) is 12.4. The molecule has 220 valence electrons. The molecule has 4 rings (SSSR count). The van der Waals surface area contributed by atoms with Gasteiger partial charge in [0.15, 0.2) is 0 Å². The first kappa shape index (κ1) is 29.7. The number of likely N-dealkylation sites (tertiary alicyclic amines) is 1. The van der Waals surface area contributed by atoms with Crippen LogP contribution in [0.15, 0.2) is 12.1 Å². The number of nitrogens with zero attached hydrogens (tertiary/aromatic N) is 1. The summed E-state index contributed by atoms with van der Waals surface area (Å²) in [6.45, 7) is 8.38. The van der Waals surface area contributed by atoms with E-state index in [2.05, 4.69) is 10.6 Å². The third-order valence-electron chi connectivity index (χ3n) is 8.25. The molecule has 40 heavy (non-hydrogen) atoms. The Kier molecular flexibility index (Phi) is 7.17. The van der Waals surface area contributed by atoms with Gasteiger partial charge in [-0.2, -0.15) is 13.2 Å². The molecule has 1 aromatic rings. The molecule has 1 saturated heterocycles. The number of fused-ring (bicyclic) bond motifs is 2. The van der Waals surface area contributed by atoms with Gasteiger partial charge < -0.3 is 26.6 Å². The van der Waals surface area contributed by atoms with Crippen molar-refractivity contribution in [1.82, 2.24) is 15.5 Å². The average molecular weight is 574 g/mol. The maximum atomic E-state index is 14.1. The van der Waals surface area contributed by atoms with Crippen molar-refractivity contribution in [3.63, 3.8) is 0 Å². The molecule has 0 radical (unpaired) electrons. The number of hydrogen-bond donors (Lipinski definition) is 4. The molecule has 1 saturated carbocycles. The van der Waals surface area contributed by atoms with Crippen molar-refractivity contribution in [2.75, 3.05) is 11.9 Å². The molecule has 0 spiro atoms. The minimum atomic E-state index is -5.21. The van der Waals surface area contributed by atoms with Crippen LogP contribution in [0.25, 0.3) is 0 Å².